The third-order valence-electron chi connectivity index (χ3n) is 5.94. The predicted molar refractivity (Wildman–Crippen MR) is 107 cm³/mol. The molecule has 3 N–H and O–H groups in total. The van der Waals surface area contributed by atoms with Crippen LogP contribution in [0, 0.1) is 11.7 Å². The normalized spacial score (nSPS) is 20.3. The number of carbonyl (C=O) groups excluding carboxylic acids is 1. The van der Waals surface area contributed by atoms with E-state index in [0.29, 0.717) is 29.7 Å². The van der Waals surface area contributed by atoms with Crippen LogP contribution in [0.4, 0.5) is 0 Å². The molecule has 0 atom stereocenters. The van der Waals surface area contributed by atoms with Gasteiger partial charge in [-0.25, -0.2) is 0 Å². The van der Waals surface area contributed by atoms with E-state index in [1.54, 1.807) is 0 Å². The molecule has 1 saturated heterocycles. The molecule has 1 aliphatic heterocycles. The minimum absolute atomic E-state index is 0.00513. The molecule has 0 unspecified atom stereocenters. The van der Waals surface area contributed by atoms with Crippen molar-refractivity contribution >= 4 is 18.1 Å². The summed E-state index contributed by atoms with van der Waals surface area (Å²) < 4.78 is 5.82. The van der Waals surface area contributed by atoms with E-state index in [1.165, 1.54) is 19.3 Å². The molecule has 0 bridgehead atoms. The summed E-state index contributed by atoms with van der Waals surface area (Å²) in [5, 5.41) is 3.15. The molecule has 8 heteroatoms. The van der Waals surface area contributed by atoms with Gasteiger partial charge >= 0.3 is 0 Å². The van der Waals surface area contributed by atoms with Gasteiger partial charge < -0.3 is 15.0 Å². The van der Waals surface area contributed by atoms with Gasteiger partial charge in [-0.3, -0.25) is 19.5 Å². The average Bonchev–Trinajstić information content (AvgIpc) is 2.67. The van der Waals surface area contributed by atoms with E-state index in [1.807, 2.05) is 6.92 Å². The first-order valence-electron chi connectivity index (χ1n) is 9.92. The average molecular weight is 395 g/mol. The van der Waals surface area contributed by atoms with Gasteiger partial charge in [-0.05, 0) is 38.4 Å². The van der Waals surface area contributed by atoms with Gasteiger partial charge in [0.05, 0.1) is 13.2 Å². The summed E-state index contributed by atoms with van der Waals surface area (Å²) in [5.74, 6) is -0.00513. The summed E-state index contributed by atoms with van der Waals surface area (Å²) >= 11 is 4.97. The van der Waals surface area contributed by atoms with E-state index in [2.05, 4.69) is 20.2 Å². The molecule has 1 aromatic rings. The van der Waals surface area contributed by atoms with Crippen LogP contribution >= 0.6 is 12.2 Å². The zero-order valence-electron chi connectivity index (χ0n) is 16.1. The van der Waals surface area contributed by atoms with E-state index in [9.17, 15) is 9.59 Å². The maximum Gasteiger partial charge on any atom is 0.255 e. The molecular formula is C19H30N4O3S. The quantitative estimate of drug-likeness (QED) is 0.641. The van der Waals surface area contributed by atoms with Gasteiger partial charge in [0.1, 0.15) is 0 Å². The number of rotatable bonds is 6. The molecule has 1 aromatic heterocycles. The van der Waals surface area contributed by atoms with Crippen molar-refractivity contribution in [1.29, 1.82) is 0 Å². The molecule has 2 fully saturated rings. The van der Waals surface area contributed by atoms with Crippen molar-refractivity contribution in [1.82, 2.24) is 20.2 Å². The Balaban J connectivity index is 1.58. The number of carbonyl (C=O) groups is 1. The minimum Gasteiger partial charge on any atom is -0.379 e. The molecule has 1 aliphatic carbocycles. The number of ether oxygens (including phenoxy) is 1. The maximum atomic E-state index is 12.5. The number of aromatic amines is 2. The standard InChI is InChI=1S/C19H30N4O3S/c1-14-15(17(25)22-18(27)21-14)5-6-16(24)20-13-19(7-3-2-4-8-19)23-9-11-26-12-10-23/h2-13H2,1H3,(H,20,24)(H2,21,22,25,27). The van der Waals surface area contributed by atoms with Crippen molar-refractivity contribution in [3.63, 3.8) is 0 Å². The lowest BCUT2D eigenvalue weighted by Gasteiger charge is -2.48. The van der Waals surface area contributed by atoms with E-state index >= 15 is 0 Å². The minimum atomic E-state index is -0.207. The largest absolute Gasteiger partial charge is 0.379 e. The number of nitrogens with zero attached hydrogens (tertiary/aromatic N) is 1. The Morgan fingerprint density at radius 1 is 1.22 bits per heavy atom. The molecule has 2 aliphatic rings. The summed E-state index contributed by atoms with van der Waals surface area (Å²) in [4.78, 5) is 32.6. The van der Waals surface area contributed by atoms with Gasteiger partial charge in [0, 0.05) is 42.9 Å². The zero-order valence-corrected chi connectivity index (χ0v) is 16.9. The Morgan fingerprint density at radius 2 is 1.93 bits per heavy atom. The van der Waals surface area contributed by atoms with Crippen LogP contribution in [0.25, 0.3) is 0 Å². The summed E-state index contributed by atoms with van der Waals surface area (Å²) in [7, 11) is 0. The first kappa shape index (κ1) is 20.2. The van der Waals surface area contributed by atoms with Crippen molar-refractivity contribution in [3.8, 4) is 0 Å². The number of aromatic nitrogens is 2. The van der Waals surface area contributed by atoms with Crippen molar-refractivity contribution in [2.45, 2.75) is 57.4 Å². The van der Waals surface area contributed by atoms with Crippen LogP contribution in [0.1, 0.15) is 49.8 Å². The highest BCUT2D eigenvalue weighted by Gasteiger charge is 2.38. The number of H-pyrrole nitrogens is 2. The monoisotopic (exact) mass is 394 g/mol. The second-order valence-corrected chi connectivity index (χ2v) is 8.08. The van der Waals surface area contributed by atoms with E-state index in [4.69, 9.17) is 17.0 Å². The van der Waals surface area contributed by atoms with Gasteiger partial charge in [-0.2, -0.15) is 0 Å². The van der Waals surface area contributed by atoms with Crippen LogP contribution in [-0.2, 0) is 16.0 Å². The molecule has 1 saturated carbocycles. The third-order valence-corrected chi connectivity index (χ3v) is 6.14. The second kappa shape index (κ2) is 9.12. The number of morpholine rings is 1. The van der Waals surface area contributed by atoms with Crippen LogP contribution in [0.15, 0.2) is 4.79 Å². The fraction of sp³-hybridized carbons (Fsp3) is 0.737. The Hall–Kier alpha value is -1.51. The zero-order chi connectivity index (χ0) is 19.3. The number of hydrogen-bond donors (Lipinski definition) is 3. The van der Waals surface area contributed by atoms with Crippen molar-refractivity contribution in [2.24, 2.45) is 0 Å². The first-order chi connectivity index (χ1) is 13.0. The highest BCUT2D eigenvalue weighted by Crippen LogP contribution is 2.33. The molecule has 1 amide bonds. The van der Waals surface area contributed by atoms with Crippen molar-refractivity contribution in [3.05, 3.63) is 26.4 Å². The predicted octanol–water partition coefficient (Wildman–Crippen LogP) is 1.82. The molecular weight excluding hydrogens is 364 g/mol. The highest BCUT2D eigenvalue weighted by molar-refractivity contribution is 7.71. The Bertz CT molecular complexity index is 761. The molecule has 0 spiro atoms. The lowest BCUT2D eigenvalue weighted by atomic mass is 9.79. The lowest BCUT2D eigenvalue weighted by molar-refractivity contribution is -0.122. The number of hydrogen-bond acceptors (Lipinski definition) is 5. The van der Waals surface area contributed by atoms with Crippen molar-refractivity contribution in [2.75, 3.05) is 32.8 Å². The molecule has 3 rings (SSSR count). The van der Waals surface area contributed by atoms with Crippen LogP contribution in [0.2, 0.25) is 0 Å². The second-order valence-electron chi connectivity index (χ2n) is 7.67. The van der Waals surface area contributed by atoms with Gasteiger partial charge in [0.25, 0.3) is 5.56 Å². The topological polar surface area (TPSA) is 90.2 Å². The van der Waals surface area contributed by atoms with Gasteiger partial charge in [0.15, 0.2) is 4.77 Å². The highest BCUT2D eigenvalue weighted by atomic mass is 32.1. The molecule has 2 heterocycles. The number of aryl methyl sites for hydroxylation is 1. The van der Waals surface area contributed by atoms with E-state index in [0.717, 1.165) is 44.8 Å². The van der Waals surface area contributed by atoms with Crippen LogP contribution < -0.4 is 10.9 Å². The third kappa shape index (κ3) is 5.06. The summed E-state index contributed by atoms with van der Waals surface area (Å²) in [6.45, 7) is 5.91. The van der Waals surface area contributed by atoms with Gasteiger partial charge in [-0.1, -0.05) is 19.3 Å². The maximum absolute atomic E-state index is 12.5. The number of amides is 1. The molecule has 27 heavy (non-hydrogen) atoms. The Labute approximate surface area is 164 Å². The van der Waals surface area contributed by atoms with E-state index in [-0.39, 0.29) is 17.0 Å². The van der Waals surface area contributed by atoms with Crippen LogP contribution in [-0.4, -0.2) is 59.2 Å². The first-order valence-corrected chi connectivity index (χ1v) is 10.3. The van der Waals surface area contributed by atoms with Crippen LogP contribution in [0.5, 0.6) is 0 Å². The molecule has 0 aromatic carbocycles. The molecule has 150 valence electrons. The Kier molecular flexibility index (Phi) is 6.83. The SMILES string of the molecule is Cc1[nH]c(=S)[nH]c(=O)c1CCC(=O)NCC1(N2CCOCC2)CCCCC1. The molecule has 0 radical (unpaired) electrons. The van der Waals surface area contributed by atoms with Gasteiger partial charge in [-0.15, -0.1) is 0 Å². The summed E-state index contributed by atoms with van der Waals surface area (Å²) in [6, 6.07) is 0. The Morgan fingerprint density at radius 3 is 2.59 bits per heavy atom. The summed E-state index contributed by atoms with van der Waals surface area (Å²) in [6.07, 6.45) is 6.66. The van der Waals surface area contributed by atoms with Crippen LogP contribution in [0.3, 0.4) is 0 Å². The molecule has 7 nitrogen and oxygen atoms in total. The van der Waals surface area contributed by atoms with Gasteiger partial charge in [0.2, 0.25) is 5.91 Å². The van der Waals surface area contributed by atoms with E-state index < -0.39 is 0 Å². The smallest absolute Gasteiger partial charge is 0.255 e. The fourth-order valence-electron chi connectivity index (χ4n) is 4.37. The summed E-state index contributed by atoms with van der Waals surface area (Å²) in [5.41, 5.74) is 1.18. The van der Waals surface area contributed by atoms with Crippen molar-refractivity contribution < 1.29 is 9.53 Å². The fourth-order valence-corrected chi connectivity index (χ4v) is 4.62. The lowest BCUT2D eigenvalue weighted by Crippen LogP contribution is -2.59. The number of nitrogens with one attached hydrogen (secondary N) is 3.